The number of azide groups is 1. The molecule has 78 valence electrons. The smallest absolute Gasteiger partial charge is 0.404 e. The summed E-state index contributed by atoms with van der Waals surface area (Å²) in [6, 6.07) is -1.01. The molecule has 7 heteroatoms. The van der Waals surface area contributed by atoms with Crippen LogP contribution in [0.4, 0.5) is 9.18 Å². The number of carbonyl (C=O) groups is 1. The zero-order chi connectivity index (χ0) is 10.6. The lowest BCUT2D eigenvalue weighted by Crippen LogP contribution is -2.45. The predicted octanol–water partition coefficient (Wildman–Crippen LogP) is 1.82. The largest absolute Gasteiger partial charge is 0.465 e. The first-order chi connectivity index (χ1) is 6.63. The summed E-state index contributed by atoms with van der Waals surface area (Å²) in [5, 5.41) is 13.9. The van der Waals surface area contributed by atoms with Crippen molar-refractivity contribution in [1.82, 2.24) is 5.32 Å². The van der Waals surface area contributed by atoms with Crippen LogP contribution in [-0.4, -0.2) is 29.5 Å². The minimum absolute atomic E-state index is 0.0923. The van der Waals surface area contributed by atoms with E-state index in [1.54, 1.807) is 0 Å². The molecule has 14 heavy (non-hydrogen) atoms. The summed E-state index contributed by atoms with van der Waals surface area (Å²) in [6.07, 6.45) is -1.50. The van der Waals surface area contributed by atoms with Crippen LogP contribution in [0.25, 0.3) is 10.4 Å². The average molecular weight is 202 g/mol. The third-order valence-corrected chi connectivity index (χ3v) is 2.27. The number of carboxylic acid groups (broad SMARTS) is 1. The van der Waals surface area contributed by atoms with E-state index in [1.807, 2.05) is 0 Å². The molecule has 0 radical (unpaired) electrons. The van der Waals surface area contributed by atoms with Gasteiger partial charge < -0.3 is 10.4 Å². The zero-order valence-corrected chi connectivity index (χ0v) is 7.43. The second-order valence-electron chi connectivity index (χ2n) is 3.24. The van der Waals surface area contributed by atoms with Crippen LogP contribution in [0.3, 0.4) is 0 Å². The molecule has 0 aromatic carbocycles. The van der Waals surface area contributed by atoms with Crippen LogP contribution >= 0.6 is 0 Å². The standard InChI is InChI=1S/C7H11FN4O2/c8-5-3-4(11-12-9)1-2-6(5)10-7(13)14/h4-6,10H,1-3H2,(H,13,14). The normalized spacial score (nSPS) is 31.6. The van der Waals surface area contributed by atoms with Gasteiger partial charge in [0.05, 0.1) is 6.04 Å². The third-order valence-electron chi connectivity index (χ3n) is 2.27. The van der Waals surface area contributed by atoms with Gasteiger partial charge in [-0.05, 0) is 24.8 Å². The number of nitrogens with one attached hydrogen (secondary N) is 1. The van der Waals surface area contributed by atoms with Crippen molar-refractivity contribution in [1.29, 1.82) is 0 Å². The van der Waals surface area contributed by atoms with Gasteiger partial charge in [0, 0.05) is 11.0 Å². The van der Waals surface area contributed by atoms with Gasteiger partial charge in [-0.3, -0.25) is 0 Å². The monoisotopic (exact) mass is 202 g/mol. The summed E-state index contributed by atoms with van der Waals surface area (Å²) in [7, 11) is 0. The lowest BCUT2D eigenvalue weighted by molar-refractivity contribution is 0.150. The van der Waals surface area contributed by atoms with Gasteiger partial charge in [0.25, 0.3) is 0 Å². The molecule has 0 aromatic heterocycles. The Morgan fingerprint density at radius 3 is 2.86 bits per heavy atom. The fourth-order valence-corrected chi connectivity index (χ4v) is 1.59. The lowest BCUT2D eigenvalue weighted by atomic mass is 9.90. The summed E-state index contributed by atoms with van der Waals surface area (Å²) in [4.78, 5) is 12.9. The number of nitrogens with zero attached hydrogens (tertiary/aromatic N) is 3. The Kier molecular flexibility index (Phi) is 3.53. The second-order valence-corrected chi connectivity index (χ2v) is 3.24. The molecule has 1 fully saturated rings. The number of halogens is 1. The highest BCUT2D eigenvalue weighted by molar-refractivity contribution is 5.64. The van der Waals surface area contributed by atoms with Gasteiger partial charge in [-0.2, -0.15) is 0 Å². The van der Waals surface area contributed by atoms with Gasteiger partial charge in [-0.25, -0.2) is 9.18 Å². The minimum atomic E-state index is -1.27. The van der Waals surface area contributed by atoms with Crippen molar-refractivity contribution in [3.05, 3.63) is 10.4 Å². The van der Waals surface area contributed by atoms with Gasteiger partial charge in [-0.15, -0.1) is 0 Å². The van der Waals surface area contributed by atoms with Gasteiger partial charge in [0.2, 0.25) is 0 Å². The van der Waals surface area contributed by atoms with Crippen LogP contribution in [0.1, 0.15) is 19.3 Å². The fourth-order valence-electron chi connectivity index (χ4n) is 1.59. The maximum atomic E-state index is 13.3. The molecular weight excluding hydrogens is 191 g/mol. The molecule has 0 spiro atoms. The molecule has 3 unspecified atom stereocenters. The van der Waals surface area contributed by atoms with Crippen LogP contribution in [0.2, 0.25) is 0 Å². The Labute approximate surface area is 79.7 Å². The molecule has 0 saturated heterocycles. The van der Waals surface area contributed by atoms with Crippen molar-refractivity contribution in [3.8, 4) is 0 Å². The maximum absolute atomic E-state index is 13.3. The van der Waals surface area contributed by atoms with E-state index in [1.165, 1.54) is 0 Å². The molecule has 2 N–H and O–H groups in total. The molecule has 1 aliphatic rings. The summed E-state index contributed by atoms with van der Waals surface area (Å²) >= 11 is 0. The van der Waals surface area contributed by atoms with Crippen molar-refractivity contribution in [2.45, 2.75) is 37.5 Å². The number of hydrogen-bond acceptors (Lipinski definition) is 2. The number of alkyl halides is 1. The van der Waals surface area contributed by atoms with Crippen molar-refractivity contribution >= 4 is 6.09 Å². The molecule has 6 nitrogen and oxygen atoms in total. The van der Waals surface area contributed by atoms with Crippen LogP contribution in [-0.2, 0) is 0 Å². The van der Waals surface area contributed by atoms with Crippen molar-refractivity contribution in [3.63, 3.8) is 0 Å². The summed E-state index contributed by atoms with van der Waals surface area (Å²) in [5.41, 5.74) is 8.14. The first-order valence-corrected chi connectivity index (χ1v) is 4.31. The van der Waals surface area contributed by atoms with Gasteiger partial charge in [0.15, 0.2) is 0 Å². The molecule has 1 amide bonds. The number of rotatable bonds is 2. The lowest BCUT2D eigenvalue weighted by Gasteiger charge is -2.29. The van der Waals surface area contributed by atoms with E-state index in [0.29, 0.717) is 12.8 Å². The Morgan fingerprint density at radius 2 is 2.36 bits per heavy atom. The predicted molar refractivity (Wildman–Crippen MR) is 46.6 cm³/mol. The zero-order valence-electron chi connectivity index (χ0n) is 7.43. The summed E-state index contributed by atoms with van der Waals surface area (Å²) in [6.45, 7) is 0. The SMILES string of the molecule is [N-]=[N+]=NC1CCC(NC(=O)O)C(F)C1. The highest BCUT2D eigenvalue weighted by Gasteiger charge is 2.30. The highest BCUT2D eigenvalue weighted by atomic mass is 19.1. The van der Waals surface area contributed by atoms with Crippen LogP contribution in [0, 0.1) is 0 Å². The Morgan fingerprint density at radius 1 is 1.64 bits per heavy atom. The topological polar surface area (TPSA) is 98.1 Å². The summed E-state index contributed by atoms with van der Waals surface area (Å²) in [5.74, 6) is 0. The molecule has 1 rings (SSSR count). The van der Waals surface area contributed by atoms with Crippen LogP contribution in [0.15, 0.2) is 5.11 Å². The molecular formula is C7H11FN4O2. The first kappa shape index (κ1) is 10.6. The van der Waals surface area contributed by atoms with Crippen molar-refractivity contribution in [2.75, 3.05) is 0 Å². The van der Waals surface area contributed by atoms with Crippen molar-refractivity contribution in [2.24, 2.45) is 5.11 Å². The van der Waals surface area contributed by atoms with E-state index >= 15 is 0 Å². The molecule has 1 saturated carbocycles. The quantitative estimate of drug-likeness (QED) is 0.405. The van der Waals surface area contributed by atoms with Gasteiger partial charge in [0.1, 0.15) is 6.17 Å². The Bertz CT molecular complexity index is 266. The number of hydrogen-bond donors (Lipinski definition) is 2. The van der Waals surface area contributed by atoms with Gasteiger partial charge >= 0.3 is 6.09 Å². The molecule has 0 aliphatic heterocycles. The van der Waals surface area contributed by atoms with E-state index in [2.05, 4.69) is 15.3 Å². The average Bonchev–Trinajstić information content (AvgIpc) is 2.10. The first-order valence-electron chi connectivity index (χ1n) is 4.31. The van der Waals surface area contributed by atoms with E-state index in [4.69, 9.17) is 10.6 Å². The number of amides is 1. The second kappa shape index (κ2) is 4.66. The highest BCUT2D eigenvalue weighted by Crippen LogP contribution is 2.24. The van der Waals surface area contributed by atoms with E-state index in [9.17, 15) is 9.18 Å². The molecule has 3 atom stereocenters. The van der Waals surface area contributed by atoms with E-state index < -0.39 is 18.3 Å². The Hall–Kier alpha value is -1.49. The third kappa shape index (κ3) is 2.77. The van der Waals surface area contributed by atoms with E-state index in [-0.39, 0.29) is 12.5 Å². The van der Waals surface area contributed by atoms with E-state index in [0.717, 1.165) is 0 Å². The minimum Gasteiger partial charge on any atom is -0.465 e. The molecule has 1 aliphatic carbocycles. The van der Waals surface area contributed by atoms with Gasteiger partial charge in [-0.1, -0.05) is 5.11 Å². The molecule has 0 aromatic rings. The molecule has 0 heterocycles. The van der Waals surface area contributed by atoms with Crippen LogP contribution in [0.5, 0.6) is 0 Å². The van der Waals surface area contributed by atoms with Crippen molar-refractivity contribution < 1.29 is 14.3 Å². The Balaban J connectivity index is 2.47. The fraction of sp³-hybridized carbons (Fsp3) is 0.857. The summed E-state index contributed by atoms with van der Waals surface area (Å²) < 4.78 is 13.3. The molecule has 0 bridgehead atoms. The van der Waals surface area contributed by atoms with Crippen LogP contribution < -0.4 is 5.32 Å². The maximum Gasteiger partial charge on any atom is 0.404 e.